The summed E-state index contributed by atoms with van der Waals surface area (Å²) < 4.78 is 7.59. The van der Waals surface area contributed by atoms with Crippen molar-refractivity contribution in [2.45, 2.75) is 24.6 Å². The van der Waals surface area contributed by atoms with E-state index in [1.807, 2.05) is 6.20 Å². The number of nitrogens with one attached hydrogen (secondary N) is 1. The number of halogens is 1. The van der Waals surface area contributed by atoms with Gasteiger partial charge in [-0.25, -0.2) is 4.79 Å². The highest BCUT2D eigenvalue weighted by Gasteiger charge is 2.45. The first-order chi connectivity index (χ1) is 9.55. The van der Waals surface area contributed by atoms with E-state index in [1.165, 1.54) is 0 Å². The van der Waals surface area contributed by atoms with Crippen molar-refractivity contribution >= 4 is 22.0 Å². The summed E-state index contributed by atoms with van der Waals surface area (Å²) >= 11 is 3.33. The van der Waals surface area contributed by atoms with Crippen molar-refractivity contribution in [3.8, 4) is 0 Å². The number of hydrogen-bond acceptors (Lipinski definition) is 5. The summed E-state index contributed by atoms with van der Waals surface area (Å²) in [4.78, 5) is 13.3. The lowest BCUT2D eigenvalue weighted by Crippen LogP contribution is -2.46. The number of carbonyl (C=O) groups is 1. The third kappa shape index (κ3) is 2.97. The number of aliphatic hydroxyl groups is 1. The monoisotopic (exact) mass is 344 g/mol. The van der Waals surface area contributed by atoms with Crippen molar-refractivity contribution in [1.82, 2.24) is 20.0 Å². The number of carbonyl (C=O) groups excluding carboxylic acids is 1. The second kappa shape index (κ2) is 5.34. The normalized spacial score (nSPS) is 27.8. The van der Waals surface area contributed by atoms with Gasteiger partial charge in [0.1, 0.15) is 6.61 Å². The van der Waals surface area contributed by atoms with E-state index in [-0.39, 0.29) is 11.6 Å². The van der Waals surface area contributed by atoms with Gasteiger partial charge < -0.3 is 15.2 Å². The van der Waals surface area contributed by atoms with Crippen LogP contribution in [0.25, 0.3) is 0 Å². The Balaban J connectivity index is 1.50. The minimum absolute atomic E-state index is 0.258. The number of ether oxygens (including phenoxy) is 1. The molecule has 2 N–H and O–H groups in total. The number of cyclic esters (lactones) is 1. The zero-order valence-electron chi connectivity index (χ0n) is 11.0. The number of rotatable bonds is 4. The molecule has 110 valence electrons. The maximum atomic E-state index is 11.2. The topological polar surface area (TPSA) is 79.6 Å². The molecule has 3 heterocycles. The van der Waals surface area contributed by atoms with Crippen molar-refractivity contribution in [3.63, 3.8) is 0 Å². The molecule has 3 rings (SSSR count). The van der Waals surface area contributed by atoms with Gasteiger partial charge in [-0.05, 0) is 22.4 Å². The largest absolute Gasteiger partial charge is 0.447 e. The molecule has 2 fully saturated rings. The maximum absolute atomic E-state index is 11.2. The number of alkyl carbamates (subject to hydrolysis) is 1. The molecule has 1 aromatic rings. The Kier molecular flexibility index (Phi) is 3.70. The Morgan fingerprint density at radius 2 is 2.45 bits per heavy atom. The molecule has 2 aliphatic rings. The van der Waals surface area contributed by atoms with Crippen LogP contribution in [0.4, 0.5) is 4.79 Å². The Morgan fingerprint density at radius 1 is 1.60 bits per heavy atom. The third-order valence-electron chi connectivity index (χ3n) is 3.75. The van der Waals surface area contributed by atoms with Gasteiger partial charge in [0, 0.05) is 25.8 Å². The van der Waals surface area contributed by atoms with Crippen LogP contribution < -0.4 is 5.32 Å². The van der Waals surface area contributed by atoms with Crippen LogP contribution in [0.15, 0.2) is 16.9 Å². The lowest BCUT2D eigenvalue weighted by Gasteiger charge is -2.23. The molecule has 0 aromatic carbocycles. The number of likely N-dealkylation sites (tertiary alicyclic amines) is 1. The first-order valence-electron chi connectivity index (χ1n) is 6.58. The summed E-state index contributed by atoms with van der Waals surface area (Å²) in [5.41, 5.74) is -0.258. The van der Waals surface area contributed by atoms with Crippen molar-refractivity contribution in [1.29, 1.82) is 0 Å². The van der Waals surface area contributed by atoms with Crippen molar-refractivity contribution < 1.29 is 14.6 Å². The smallest absolute Gasteiger partial charge is 0.407 e. The number of aromatic nitrogens is 2. The van der Waals surface area contributed by atoms with Crippen LogP contribution in [0.2, 0.25) is 0 Å². The molecule has 2 unspecified atom stereocenters. The van der Waals surface area contributed by atoms with E-state index >= 15 is 0 Å². The second-order valence-corrected chi connectivity index (χ2v) is 6.42. The van der Waals surface area contributed by atoms with Gasteiger partial charge >= 0.3 is 6.09 Å². The lowest BCUT2D eigenvalue weighted by atomic mass is 10.0. The molecule has 1 aromatic heterocycles. The average molecular weight is 345 g/mol. The number of amides is 1. The van der Waals surface area contributed by atoms with Gasteiger partial charge in [-0.1, -0.05) is 0 Å². The van der Waals surface area contributed by atoms with Gasteiger partial charge in [0.05, 0.1) is 28.9 Å². The fourth-order valence-electron chi connectivity index (χ4n) is 2.84. The summed E-state index contributed by atoms with van der Waals surface area (Å²) in [6.07, 6.45) is 3.56. The van der Waals surface area contributed by atoms with Gasteiger partial charge in [0.25, 0.3) is 0 Å². The Hall–Kier alpha value is -1.12. The SMILES string of the molecule is O=C1NC2(CCN(CC(O)Cn3cc(Br)cn3)C2)CO1. The lowest BCUT2D eigenvalue weighted by molar-refractivity contribution is 0.102. The van der Waals surface area contributed by atoms with E-state index in [1.54, 1.807) is 10.9 Å². The number of hydrogen-bond donors (Lipinski definition) is 2. The third-order valence-corrected chi connectivity index (χ3v) is 4.16. The molecule has 2 atom stereocenters. The first kappa shape index (κ1) is 13.8. The van der Waals surface area contributed by atoms with Crippen LogP contribution in [-0.4, -0.2) is 63.8 Å². The first-order valence-corrected chi connectivity index (χ1v) is 7.37. The van der Waals surface area contributed by atoms with Crippen molar-refractivity contribution in [2.75, 3.05) is 26.2 Å². The van der Waals surface area contributed by atoms with Gasteiger partial charge in [0.2, 0.25) is 0 Å². The zero-order chi connectivity index (χ0) is 14.2. The van der Waals surface area contributed by atoms with Crippen LogP contribution in [0.3, 0.4) is 0 Å². The number of aliphatic hydroxyl groups excluding tert-OH is 1. The maximum Gasteiger partial charge on any atom is 0.407 e. The van der Waals surface area contributed by atoms with Crippen LogP contribution >= 0.6 is 15.9 Å². The van der Waals surface area contributed by atoms with E-state index in [0.717, 1.165) is 24.0 Å². The molecule has 0 saturated carbocycles. The van der Waals surface area contributed by atoms with E-state index in [2.05, 4.69) is 31.2 Å². The minimum atomic E-state index is -0.491. The fourth-order valence-corrected chi connectivity index (χ4v) is 3.16. The highest BCUT2D eigenvalue weighted by atomic mass is 79.9. The zero-order valence-corrected chi connectivity index (χ0v) is 12.5. The molecular weight excluding hydrogens is 328 g/mol. The second-order valence-electron chi connectivity index (χ2n) is 5.50. The molecule has 0 radical (unpaired) electrons. The van der Waals surface area contributed by atoms with Gasteiger partial charge in [-0.2, -0.15) is 5.10 Å². The van der Waals surface area contributed by atoms with Crippen LogP contribution in [0.5, 0.6) is 0 Å². The predicted molar refractivity (Wildman–Crippen MR) is 74.2 cm³/mol. The summed E-state index contributed by atoms with van der Waals surface area (Å²) in [5.74, 6) is 0. The summed E-state index contributed by atoms with van der Waals surface area (Å²) in [7, 11) is 0. The molecule has 0 aliphatic carbocycles. The van der Waals surface area contributed by atoms with Crippen molar-refractivity contribution in [3.05, 3.63) is 16.9 Å². The Labute approximate surface area is 125 Å². The highest BCUT2D eigenvalue weighted by Crippen LogP contribution is 2.25. The number of nitrogens with zero attached hydrogens (tertiary/aromatic N) is 3. The predicted octanol–water partition coefficient (Wildman–Crippen LogP) is 0.191. The molecule has 8 heteroatoms. The van der Waals surface area contributed by atoms with E-state index in [4.69, 9.17) is 4.74 Å². The summed E-state index contributed by atoms with van der Waals surface area (Å²) in [5, 5.41) is 17.1. The molecule has 0 bridgehead atoms. The molecule has 2 saturated heterocycles. The summed E-state index contributed by atoms with van der Waals surface area (Å²) in [6.45, 7) is 3.01. The Bertz CT molecular complexity index is 509. The van der Waals surface area contributed by atoms with Gasteiger partial charge in [0.15, 0.2) is 0 Å². The van der Waals surface area contributed by atoms with E-state index < -0.39 is 6.10 Å². The van der Waals surface area contributed by atoms with Crippen LogP contribution in [0.1, 0.15) is 6.42 Å². The number of β-amino-alcohol motifs (C(OH)–C–C–N with tert-alkyl or cyclic N) is 1. The molecule has 1 spiro atoms. The molecule has 2 aliphatic heterocycles. The molecule has 20 heavy (non-hydrogen) atoms. The molecular formula is C12H17BrN4O3. The van der Waals surface area contributed by atoms with E-state index in [0.29, 0.717) is 19.7 Å². The summed E-state index contributed by atoms with van der Waals surface area (Å²) in [6, 6.07) is 0. The highest BCUT2D eigenvalue weighted by molar-refractivity contribution is 9.10. The molecule has 7 nitrogen and oxygen atoms in total. The van der Waals surface area contributed by atoms with E-state index in [9.17, 15) is 9.90 Å². The standard InChI is InChI=1S/C12H17BrN4O3/c13-9-3-14-17(4-9)6-10(18)5-16-2-1-12(7-16)8-20-11(19)15-12/h3-4,10,18H,1-2,5-8H2,(H,15,19). The minimum Gasteiger partial charge on any atom is -0.447 e. The quantitative estimate of drug-likeness (QED) is 0.815. The van der Waals surface area contributed by atoms with Crippen LogP contribution in [-0.2, 0) is 11.3 Å². The molecule has 1 amide bonds. The van der Waals surface area contributed by atoms with Crippen molar-refractivity contribution in [2.24, 2.45) is 0 Å². The van der Waals surface area contributed by atoms with Gasteiger partial charge in [-0.15, -0.1) is 0 Å². The van der Waals surface area contributed by atoms with Crippen LogP contribution in [0, 0.1) is 0 Å². The Morgan fingerprint density at radius 3 is 3.10 bits per heavy atom. The average Bonchev–Trinajstić information content (AvgIpc) is 3.04. The van der Waals surface area contributed by atoms with Gasteiger partial charge in [-0.3, -0.25) is 9.58 Å². The fraction of sp³-hybridized carbons (Fsp3) is 0.667.